The summed E-state index contributed by atoms with van der Waals surface area (Å²) in [7, 11) is 0. The molecule has 0 unspecified atom stereocenters. The molecule has 1 aromatic heterocycles. The summed E-state index contributed by atoms with van der Waals surface area (Å²) in [5, 5.41) is 0.707. The zero-order valence-corrected chi connectivity index (χ0v) is 10.9. The van der Waals surface area contributed by atoms with Gasteiger partial charge in [0.1, 0.15) is 5.82 Å². The number of benzene rings is 2. The molecule has 0 radical (unpaired) electrons. The Hall–Kier alpha value is -2.42. The van der Waals surface area contributed by atoms with E-state index in [1.54, 1.807) is 18.2 Å². The van der Waals surface area contributed by atoms with Crippen molar-refractivity contribution in [2.75, 3.05) is 0 Å². The standard InChI is InChI=1S/C17H14FNO/c18-13-8-5-12(6-9-13)7-10-14-11-17(20)15-3-1-2-4-16(15)19-14/h1-6,8-9,11H,7,10H2,(H,19,20). The topological polar surface area (TPSA) is 32.9 Å². The van der Waals surface area contributed by atoms with Crippen LogP contribution in [-0.4, -0.2) is 4.98 Å². The van der Waals surface area contributed by atoms with E-state index in [1.165, 1.54) is 12.1 Å². The fraction of sp³-hybridized carbons (Fsp3) is 0.118. The van der Waals surface area contributed by atoms with E-state index in [-0.39, 0.29) is 11.2 Å². The average molecular weight is 267 g/mol. The van der Waals surface area contributed by atoms with Crippen molar-refractivity contribution in [3.8, 4) is 0 Å². The maximum atomic E-state index is 12.8. The zero-order chi connectivity index (χ0) is 13.9. The number of hydrogen-bond donors (Lipinski definition) is 1. The van der Waals surface area contributed by atoms with Crippen molar-refractivity contribution in [3.05, 3.63) is 81.9 Å². The second kappa shape index (κ2) is 5.29. The third-order valence-electron chi connectivity index (χ3n) is 3.39. The number of halogens is 1. The summed E-state index contributed by atoms with van der Waals surface area (Å²) in [5.41, 5.74) is 2.85. The van der Waals surface area contributed by atoms with Crippen LogP contribution < -0.4 is 5.43 Å². The minimum absolute atomic E-state index is 0.0356. The predicted molar refractivity (Wildman–Crippen MR) is 78.4 cm³/mol. The molecule has 0 saturated carbocycles. The lowest BCUT2D eigenvalue weighted by atomic mass is 10.1. The maximum Gasteiger partial charge on any atom is 0.189 e. The van der Waals surface area contributed by atoms with Crippen LogP contribution in [0.4, 0.5) is 4.39 Å². The molecular weight excluding hydrogens is 253 g/mol. The first-order valence-electron chi connectivity index (χ1n) is 6.58. The van der Waals surface area contributed by atoms with Crippen LogP contribution in [0.25, 0.3) is 10.9 Å². The van der Waals surface area contributed by atoms with Crippen LogP contribution in [0.1, 0.15) is 11.3 Å². The molecule has 3 rings (SSSR count). The molecule has 0 aliphatic heterocycles. The SMILES string of the molecule is O=c1cc(CCc2ccc(F)cc2)[nH]c2ccccc12. The van der Waals surface area contributed by atoms with Crippen LogP contribution in [0.2, 0.25) is 0 Å². The highest BCUT2D eigenvalue weighted by atomic mass is 19.1. The minimum atomic E-state index is -0.229. The van der Waals surface area contributed by atoms with Crippen molar-refractivity contribution in [1.82, 2.24) is 4.98 Å². The van der Waals surface area contributed by atoms with Gasteiger partial charge in [0.15, 0.2) is 5.43 Å². The van der Waals surface area contributed by atoms with E-state index in [4.69, 9.17) is 0 Å². The van der Waals surface area contributed by atoms with E-state index in [0.717, 1.165) is 29.6 Å². The number of nitrogens with one attached hydrogen (secondary N) is 1. The van der Waals surface area contributed by atoms with Crippen LogP contribution >= 0.6 is 0 Å². The summed E-state index contributed by atoms with van der Waals surface area (Å²) < 4.78 is 12.8. The summed E-state index contributed by atoms with van der Waals surface area (Å²) >= 11 is 0. The molecule has 0 fully saturated rings. The van der Waals surface area contributed by atoms with E-state index < -0.39 is 0 Å². The smallest absolute Gasteiger partial charge is 0.189 e. The highest BCUT2D eigenvalue weighted by Gasteiger charge is 2.02. The lowest BCUT2D eigenvalue weighted by Gasteiger charge is -2.05. The summed E-state index contributed by atoms with van der Waals surface area (Å²) in [4.78, 5) is 15.3. The molecule has 3 aromatic rings. The lowest BCUT2D eigenvalue weighted by Crippen LogP contribution is -2.06. The number of para-hydroxylation sites is 1. The highest BCUT2D eigenvalue weighted by Crippen LogP contribution is 2.10. The van der Waals surface area contributed by atoms with Gasteiger partial charge in [-0.3, -0.25) is 4.79 Å². The Morgan fingerprint density at radius 2 is 1.70 bits per heavy atom. The van der Waals surface area contributed by atoms with Crippen LogP contribution in [0.5, 0.6) is 0 Å². The molecule has 0 bridgehead atoms. The Labute approximate surface area is 115 Å². The first-order chi connectivity index (χ1) is 9.72. The van der Waals surface area contributed by atoms with Crippen LogP contribution in [0.3, 0.4) is 0 Å². The van der Waals surface area contributed by atoms with Crippen molar-refractivity contribution in [1.29, 1.82) is 0 Å². The second-order valence-electron chi connectivity index (χ2n) is 4.83. The van der Waals surface area contributed by atoms with Gasteiger partial charge in [-0.1, -0.05) is 24.3 Å². The Bertz CT molecular complexity index is 790. The van der Waals surface area contributed by atoms with E-state index in [0.29, 0.717) is 5.39 Å². The molecule has 2 nitrogen and oxygen atoms in total. The van der Waals surface area contributed by atoms with Gasteiger partial charge in [0, 0.05) is 22.7 Å². The minimum Gasteiger partial charge on any atom is -0.358 e. The summed E-state index contributed by atoms with van der Waals surface area (Å²) in [6.45, 7) is 0. The Kier molecular flexibility index (Phi) is 3.33. The van der Waals surface area contributed by atoms with Crippen molar-refractivity contribution in [2.24, 2.45) is 0 Å². The van der Waals surface area contributed by atoms with Crippen LogP contribution in [0.15, 0.2) is 59.4 Å². The molecular formula is C17H14FNO. The van der Waals surface area contributed by atoms with Crippen LogP contribution in [-0.2, 0) is 12.8 Å². The number of fused-ring (bicyclic) bond motifs is 1. The van der Waals surface area contributed by atoms with Crippen molar-refractivity contribution < 1.29 is 4.39 Å². The van der Waals surface area contributed by atoms with E-state index in [2.05, 4.69) is 4.98 Å². The monoisotopic (exact) mass is 267 g/mol. The van der Waals surface area contributed by atoms with E-state index >= 15 is 0 Å². The number of pyridine rings is 1. The Morgan fingerprint density at radius 1 is 0.950 bits per heavy atom. The molecule has 0 aliphatic rings. The van der Waals surface area contributed by atoms with Gasteiger partial charge < -0.3 is 4.98 Å². The van der Waals surface area contributed by atoms with Gasteiger partial charge in [0.25, 0.3) is 0 Å². The molecule has 0 saturated heterocycles. The fourth-order valence-electron chi connectivity index (χ4n) is 2.32. The third kappa shape index (κ3) is 2.62. The molecule has 20 heavy (non-hydrogen) atoms. The van der Waals surface area contributed by atoms with Gasteiger partial charge in [-0.2, -0.15) is 0 Å². The Morgan fingerprint density at radius 3 is 2.50 bits per heavy atom. The van der Waals surface area contributed by atoms with E-state index in [9.17, 15) is 9.18 Å². The summed E-state index contributed by atoms with van der Waals surface area (Å²) in [5.74, 6) is -0.229. The lowest BCUT2D eigenvalue weighted by molar-refractivity contribution is 0.627. The first-order valence-corrected chi connectivity index (χ1v) is 6.58. The molecule has 0 amide bonds. The third-order valence-corrected chi connectivity index (χ3v) is 3.39. The number of aromatic amines is 1. The normalized spacial score (nSPS) is 10.8. The second-order valence-corrected chi connectivity index (χ2v) is 4.83. The van der Waals surface area contributed by atoms with Gasteiger partial charge in [0.2, 0.25) is 0 Å². The highest BCUT2D eigenvalue weighted by molar-refractivity contribution is 5.78. The number of H-pyrrole nitrogens is 1. The molecule has 2 aromatic carbocycles. The zero-order valence-electron chi connectivity index (χ0n) is 10.9. The van der Waals surface area contributed by atoms with E-state index in [1.807, 2.05) is 24.3 Å². The molecule has 0 aliphatic carbocycles. The quantitative estimate of drug-likeness (QED) is 0.774. The molecule has 1 heterocycles. The molecule has 0 atom stereocenters. The summed E-state index contributed by atoms with van der Waals surface area (Å²) in [6.07, 6.45) is 1.50. The van der Waals surface area contributed by atoms with Crippen molar-refractivity contribution in [3.63, 3.8) is 0 Å². The van der Waals surface area contributed by atoms with Gasteiger partial charge in [-0.15, -0.1) is 0 Å². The summed E-state index contributed by atoms with van der Waals surface area (Å²) in [6, 6.07) is 15.6. The number of aromatic nitrogens is 1. The maximum absolute atomic E-state index is 12.8. The molecule has 3 heteroatoms. The fourth-order valence-corrected chi connectivity index (χ4v) is 2.32. The predicted octanol–water partition coefficient (Wildman–Crippen LogP) is 3.45. The van der Waals surface area contributed by atoms with Crippen molar-refractivity contribution >= 4 is 10.9 Å². The van der Waals surface area contributed by atoms with Gasteiger partial charge in [-0.05, 0) is 42.7 Å². The number of rotatable bonds is 3. The molecule has 1 N–H and O–H groups in total. The molecule has 0 spiro atoms. The number of hydrogen-bond acceptors (Lipinski definition) is 1. The van der Waals surface area contributed by atoms with Gasteiger partial charge in [-0.25, -0.2) is 4.39 Å². The van der Waals surface area contributed by atoms with Crippen molar-refractivity contribution in [2.45, 2.75) is 12.8 Å². The van der Waals surface area contributed by atoms with Crippen LogP contribution in [0, 0.1) is 5.82 Å². The average Bonchev–Trinajstić information content (AvgIpc) is 2.47. The Balaban J connectivity index is 1.84. The number of aryl methyl sites for hydroxylation is 2. The van der Waals surface area contributed by atoms with Gasteiger partial charge in [0.05, 0.1) is 0 Å². The molecule has 100 valence electrons. The first kappa shape index (κ1) is 12.6. The largest absolute Gasteiger partial charge is 0.358 e. The van der Waals surface area contributed by atoms with Gasteiger partial charge >= 0.3 is 0 Å².